The fourth-order valence-corrected chi connectivity index (χ4v) is 2.88. The highest BCUT2D eigenvalue weighted by Gasteiger charge is 2.04. The Morgan fingerprint density at radius 3 is 2.31 bits per heavy atom. The molecule has 0 spiro atoms. The molecule has 0 saturated carbocycles. The Morgan fingerprint density at radius 2 is 1.62 bits per heavy atom. The minimum absolute atomic E-state index is 0.392. The average Bonchev–Trinajstić information content (AvgIpc) is 2.68. The van der Waals surface area contributed by atoms with Crippen LogP contribution in [0.25, 0.3) is 0 Å². The first-order valence-corrected chi connectivity index (χ1v) is 9.41. The van der Waals surface area contributed by atoms with Crippen LogP contribution in [-0.4, -0.2) is 25.0 Å². The van der Waals surface area contributed by atoms with E-state index in [0.29, 0.717) is 18.1 Å². The van der Waals surface area contributed by atoms with Crippen LogP contribution in [0.3, 0.4) is 0 Å². The third-order valence-electron chi connectivity index (χ3n) is 4.41. The van der Waals surface area contributed by atoms with Gasteiger partial charge in [-0.1, -0.05) is 37.8 Å². The zero-order valence-corrected chi connectivity index (χ0v) is 15.9. The second-order valence-electron chi connectivity index (χ2n) is 6.52. The van der Waals surface area contributed by atoms with Gasteiger partial charge in [-0.15, -0.1) is 0 Å². The summed E-state index contributed by atoms with van der Waals surface area (Å²) in [6.07, 6.45) is 8.99. The minimum atomic E-state index is 0.392. The summed E-state index contributed by atoms with van der Waals surface area (Å²) in [5, 5.41) is 0. The van der Waals surface area contributed by atoms with E-state index in [4.69, 9.17) is 9.47 Å². The number of carbonyl (C=O) groups is 1. The van der Waals surface area contributed by atoms with E-state index < -0.39 is 0 Å². The Kier molecular flexibility index (Phi) is 8.67. The highest BCUT2D eigenvalue weighted by atomic mass is 16.5. The third-order valence-corrected chi connectivity index (χ3v) is 4.41. The molecule has 0 N–H and O–H groups in total. The number of carbonyl (C=O) groups excluding carboxylic acids is 1. The summed E-state index contributed by atoms with van der Waals surface area (Å²) in [4.78, 5) is 15.2. The number of aromatic nitrogens is 1. The molecule has 0 radical (unpaired) electrons. The maximum atomic E-state index is 11.0. The van der Waals surface area contributed by atoms with Crippen LogP contribution in [0.5, 0.6) is 11.5 Å². The molecule has 0 aliphatic rings. The number of aldehydes is 1. The van der Waals surface area contributed by atoms with Gasteiger partial charge in [-0.25, -0.2) is 4.98 Å². The topological polar surface area (TPSA) is 48.4 Å². The van der Waals surface area contributed by atoms with Gasteiger partial charge < -0.3 is 9.47 Å². The number of methoxy groups -OCH3 is 1. The summed E-state index contributed by atoms with van der Waals surface area (Å²) in [7, 11) is 1.69. The molecule has 4 nitrogen and oxygen atoms in total. The Balaban J connectivity index is 1.51. The van der Waals surface area contributed by atoms with E-state index in [1.807, 2.05) is 31.2 Å². The van der Waals surface area contributed by atoms with Gasteiger partial charge in [0.25, 0.3) is 0 Å². The van der Waals surface area contributed by atoms with Crippen LogP contribution in [0.4, 0.5) is 0 Å². The van der Waals surface area contributed by atoms with Crippen molar-refractivity contribution in [1.82, 2.24) is 4.98 Å². The summed E-state index contributed by atoms with van der Waals surface area (Å²) in [5.74, 6) is 1.50. The average molecular weight is 355 g/mol. The van der Waals surface area contributed by atoms with Crippen molar-refractivity contribution in [2.75, 3.05) is 13.7 Å². The summed E-state index contributed by atoms with van der Waals surface area (Å²) in [5.41, 5.74) is 2.59. The lowest BCUT2D eigenvalue weighted by molar-refractivity contribution is 0.111. The molecule has 0 fully saturated rings. The van der Waals surface area contributed by atoms with Crippen molar-refractivity contribution in [3.8, 4) is 11.5 Å². The van der Waals surface area contributed by atoms with Gasteiger partial charge in [-0.05, 0) is 56.0 Å². The van der Waals surface area contributed by atoms with E-state index in [2.05, 4.69) is 17.1 Å². The molecular formula is C22H29NO3. The molecule has 0 saturated heterocycles. The largest absolute Gasteiger partial charge is 0.497 e. The predicted octanol–water partition coefficient (Wildman–Crippen LogP) is 5.17. The first kappa shape index (κ1) is 20.0. The quantitative estimate of drug-likeness (QED) is 0.389. The standard InChI is InChI=1S/C22H29NO3/c1-18-10-15-22(21(17-24)23-18)26-16-8-6-4-3-5-7-9-19-11-13-20(25-2)14-12-19/h10-15,17H,3-9,16H2,1-2H3. The lowest BCUT2D eigenvalue weighted by Crippen LogP contribution is -2.02. The van der Waals surface area contributed by atoms with Crippen molar-refractivity contribution >= 4 is 6.29 Å². The molecule has 0 unspecified atom stereocenters. The van der Waals surface area contributed by atoms with Gasteiger partial charge in [0.2, 0.25) is 0 Å². The van der Waals surface area contributed by atoms with Crippen molar-refractivity contribution in [2.24, 2.45) is 0 Å². The van der Waals surface area contributed by atoms with Crippen molar-refractivity contribution in [3.63, 3.8) is 0 Å². The fraction of sp³-hybridized carbons (Fsp3) is 0.455. The third kappa shape index (κ3) is 6.87. The molecule has 1 aromatic heterocycles. The lowest BCUT2D eigenvalue weighted by Gasteiger charge is -2.08. The molecule has 0 aliphatic heterocycles. The zero-order chi connectivity index (χ0) is 18.6. The van der Waals surface area contributed by atoms with Crippen LogP contribution in [0.15, 0.2) is 36.4 Å². The van der Waals surface area contributed by atoms with Crippen LogP contribution in [-0.2, 0) is 6.42 Å². The fourth-order valence-electron chi connectivity index (χ4n) is 2.88. The van der Waals surface area contributed by atoms with E-state index in [9.17, 15) is 4.79 Å². The molecule has 140 valence electrons. The predicted molar refractivity (Wildman–Crippen MR) is 104 cm³/mol. The molecule has 0 bridgehead atoms. The number of ether oxygens (including phenoxy) is 2. The summed E-state index contributed by atoms with van der Waals surface area (Å²) >= 11 is 0. The van der Waals surface area contributed by atoms with Crippen molar-refractivity contribution in [2.45, 2.75) is 51.9 Å². The Hall–Kier alpha value is -2.36. The van der Waals surface area contributed by atoms with Crippen LogP contribution in [0.2, 0.25) is 0 Å². The molecule has 2 rings (SSSR count). The van der Waals surface area contributed by atoms with Gasteiger partial charge in [-0.3, -0.25) is 4.79 Å². The second-order valence-corrected chi connectivity index (χ2v) is 6.52. The molecule has 0 amide bonds. The highest BCUT2D eigenvalue weighted by Crippen LogP contribution is 2.17. The Labute approximate surface area is 156 Å². The molecule has 2 aromatic rings. The van der Waals surface area contributed by atoms with Gasteiger partial charge in [0, 0.05) is 5.69 Å². The monoisotopic (exact) mass is 355 g/mol. The van der Waals surface area contributed by atoms with Crippen molar-refractivity contribution in [3.05, 3.63) is 53.3 Å². The van der Waals surface area contributed by atoms with Gasteiger partial charge >= 0.3 is 0 Å². The lowest BCUT2D eigenvalue weighted by atomic mass is 10.0. The molecule has 26 heavy (non-hydrogen) atoms. The number of nitrogens with zero attached hydrogens (tertiary/aromatic N) is 1. The van der Waals surface area contributed by atoms with Crippen LogP contribution >= 0.6 is 0 Å². The molecule has 0 aliphatic carbocycles. The van der Waals surface area contributed by atoms with Crippen LogP contribution in [0.1, 0.15) is 60.3 Å². The number of pyridine rings is 1. The van der Waals surface area contributed by atoms with Crippen molar-refractivity contribution in [1.29, 1.82) is 0 Å². The van der Waals surface area contributed by atoms with E-state index >= 15 is 0 Å². The molecule has 0 atom stereocenters. The van der Waals surface area contributed by atoms with Gasteiger partial charge in [-0.2, -0.15) is 0 Å². The van der Waals surface area contributed by atoms with E-state index in [1.165, 1.54) is 31.2 Å². The zero-order valence-electron chi connectivity index (χ0n) is 15.9. The highest BCUT2D eigenvalue weighted by molar-refractivity contribution is 5.76. The number of aryl methyl sites for hydroxylation is 2. The van der Waals surface area contributed by atoms with Crippen LogP contribution in [0, 0.1) is 6.92 Å². The van der Waals surface area contributed by atoms with Crippen molar-refractivity contribution < 1.29 is 14.3 Å². The second kappa shape index (κ2) is 11.3. The van der Waals surface area contributed by atoms with Crippen LogP contribution < -0.4 is 9.47 Å². The number of benzene rings is 1. The normalized spacial score (nSPS) is 10.5. The number of rotatable bonds is 12. The maximum absolute atomic E-state index is 11.0. The van der Waals surface area contributed by atoms with E-state index in [0.717, 1.165) is 37.0 Å². The SMILES string of the molecule is COc1ccc(CCCCCCCCOc2ccc(C)nc2C=O)cc1. The molecular weight excluding hydrogens is 326 g/mol. The van der Waals surface area contributed by atoms with E-state index in [1.54, 1.807) is 7.11 Å². The van der Waals surface area contributed by atoms with Gasteiger partial charge in [0.1, 0.15) is 17.2 Å². The Bertz CT molecular complexity index is 668. The first-order valence-electron chi connectivity index (χ1n) is 9.41. The first-order chi connectivity index (χ1) is 12.7. The number of hydrogen-bond acceptors (Lipinski definition) is 4. The van der Waals surface area contributed by atoms with Gasteiger partial charge in [0.15, 0.2) is 6.29 Å². The summed E-state index contributed by atoms with van der Waals surface area (Å²) < 4.78 is 10.9. The minimum Gasteiger partial charge on any atom is -0.497 e. The van der Waals surface area contributed by atoms with E-state index in [-0.39, 0.29) is 0 Å². The Morgan fingerprint density at radius 1 is 0.923 bits per heavy atom. The molecule has 1 heterocycles. The molecule has 4 heteroatoms. The maximum Gasteiger partial charge on any atom is 0.172 e. The van der Waals surface area contributed by atoms with Gasteiger partial charge in [0.05, 0.1) is 13.7 Å². The summed E-state index contributed by atoms with van der Waals surface area (Å²) in [6.45, 7) is 2.50. The number of unbranched alkanes of at least 4 members (excludes halogenated alkanes) is 5. The summed E-state index contributed by atoms with van der Waals surface area (Å²) in [6, 6.07) is 12.0. The smallest absolute Gasteiger partial charge is 0.172 e. The number of hydrogen-bond donors (Lipinski definition) is 0. The molecule has 1 aromatic carbocycles.